The lowest BCUT2D eigenvalue weighted by Crippen LogP contribution is -2.58. The Hall–Kier alpha value is -3.21. The average Bonchev–Trinajstić information content (AvgIpc) is 3.47. The number of piperidine rings is 2. The average molecular weight is 690 g/mol. The van der Waals surface area contributed by atoms with E-state index in [0.717, 1.165) is 55.4 Å². The molecule has 7 rings (SSSR count). The molecular weight excluding hydrogens is 648 g/mol. The van der Waals surface area contributed by atoms with Crippen molar-refractivity contribution in [1.82, 2.24) is 15.1 Å². The van der Waals surface area contributed by atoms with Crippen LogP contribution >= 0.6 is 0 Å². The topological polar surface area (TPSA) is 154 Å². The summed E-state index contributed by atoms with van der Waals surface area (Å²) in [6, 6.07) is 4.91. The molecule has 0 spiro atoms. The molecule has 3 saturated heterocycles. The van der Waals surface area contributed by atoms with E-state index in [1.54, 1.807) is 6.07 Å². The van der Waals surface area contributed by atoms with Crippen molar-refractivity contribution in [3.8, 4) is 0 Å². The quantitative estimate of drug-likeness (QED) is 0.324. The van der Waals surface area contributed by atoms with Crippen molar-refractivity contribution in [2.45, 2.75) is 67.8 Å². The Labute approximate surface area is 277 Å². The third-order valence-electron chi connectivity index (χ3n) is 10.7. The number of hydrogen-bond acceptors (Lipinski definition) is 11. The van der Waals surface area contributed by atoms with Crippen LogP contribution in [0.5, 0.6) is 0 Å². The number of aliphatic hydroxyl groups excluding tert-OH is 3. The van der Waals surface area contributed by atoms with E-state index in [0.29, 0.717) is 37.7 Å². The number of benzene rings is 2. The predicted molar refractivity (Wildman–Crippen MR) is 172 cm³/mol. The summed E-state index contributed by atoms with van der Waals surface area (Å²) in [5.74, 6) is -1.41. The second-order valence-corrected chi connectivity index (χ2v) is 15.7. The van der Waals surface area contributed by atoms with Crippen molar-refractivity contribution in [2.24, 2.45) is 5.92 Å². The first-order valence-electron chi connectivity index (χ1n) is 16.6. The van der Waals surface area contributed by atoms with Gasteiger partial charge < -0.3 is 25.1 Å². The number of nitrogens with zero attached hydrogens (tertiary/aromatic N) is 4. The van der Waals surface area contributed by atoms with Crippen LogP contribution in [0.2, 0.25) is 0 Å². The number of rotatable bonds is 6. The molecule has 260 valence electrons. The number of carbonyl (C=O) groups excluding carboxylic acids is 2. The summed E-state index contributed by atoms with van der Waals surface area (Å²) in [5, 5.41) is 33.1. The fraction of sp³-hybridized carbons (Fsp3) is 0.576. The van der Waals surface area contributed by atoms with Crippen LogP contribution in [-0.4, -0.2) is 122 Å². The van der Waals surface area contributed by atoms with Crippen LogP contribution in [0, 0.1) is 11.7 Å². The van der Waals surface area contributed by atoms with E-state index < -0.39 is 58.2 Å². The van der Waals surface area contributed by atoms with Crippen molar-refractivity contribution in [1.29, 1.82) is 0 Å². The smallest absolute Gasteiger partial charge is 0.262 e. The van der Waals surface area contributed by atoms with E-state index in [4.69, 9.17) is 0 Å². The number of imide groups is 1. The summed E-state index contributed by atoms with van der Waals surface area (Å²) < 4.78 is 54.6. The molecular formula is C33H41F2N5O7S. The van der Waals surface area contributed by atoms with Gasteiger partial charge in [0.25, 0.3) is 11.8 Å². The first kappa shape index (κ1) is 33.3. The van der Waals surface area contributed by atoms with Gasteiger partial charge >= 0.3 is 0 Å². The van der Waals surface area contributed by atoms with Gasteiger partial charge in [-0.05, 0) is 61.4 Å². The molecule has 3 fully saturated rings. The normalized spacial score (nSPS) is 28.7. The summed E-state index contributed by atoms with van der Waals surface area (Å²) in [6.45, 7) is 4.76. The largest absolute Gasteiger partial charge is 0.385 e. The van der Waals surface area contributed by atoms with Gasteiger partial charge in [-0.2, -0.15) is 0 Å². The van der Waals surface area contributed by atoms with Crippen LogP contribution in [0.15, 0.2) is 29.2 Å². The molecule has 2 aromatic rings. The molecule has 0 aromatic heterocycles. The van der Waals surface area contributed by atoms with Crippen LogP contribution < -0.4 is 15.1 Å². The highest BCUT2D eigenvalue weighted by Crippen LogP contribution is 2.43. The SMILES string of the molecule is CS(=O)(=O)c1ccc(N2CCC(CN3CCN(c4cc5c(cc4F)C(=O)N(C4CCC(O)NC4O)C5=O)CC3)CC2)c2c1[C@H](O)[C@@H](F)C2. The number of alkyl halides is 1. The maximum Gasteiger partial charge on any atom is 0.262 e. The fourth-order valence-electron chi connectivity index (χ4n) is 8.13. The number of hydrogen-bond donors (Lipinski definition) is 4. The van der Waals surface area contributed by atoms with Gasteiger partial charge in [0.15, 0.2) is 9.84 Å². The predicted octanol–water partition coefficient (Wildman–Crippen LogP) is 1.18. The second-order valence-electron chi connectivity index (χ2n) is 13.7. The van der Waals surface area contributed by atoms with Gasteiger partial charge in [0.1, 0.15) is 30.5 Å². The van der Waals surface area contributed by atoms with Gasteiger partial charge in [-0.25, -0.2) is 17.2 Å². The maximum absolute atomic E-state index is 15.4. The summed E-state index contributed by atoms with van der Waals surface area (Å²) >= 11 is 0. The van der Waals surface area contributed by atoms with E-state index in [1.165, 1.54) is 12.1 Å². The lowest BCUT2D eigenvalue weighted by atomic mass is 9.94. The number of carbonyl (C=O) groups is 2. The minimum absolute atomic E-state index is 0.0110. The van der Waals surface area contributed by atoms with Crippen LogP contribution in [-0.2, 0) is 16.3 Å². The molecule has 4 N–H and O–H groups in total. The zero-order valence-corrected chi connectivity index (χ0v) is 27.5. The molecule has 5 aliphatic rings. The number of fused-ring (bicyclic) bond motifs is 2. The van der Waals surface area contributed by atoms with Crippen molar-refractivity contribution in [3.63, 3.8) is 0 Å². The highest BCUT2D eigenvalue weighted by Gasteiger charge is 2.45. The van der Waals surface area contributed by atoms with Crippen molar-refractivity contribution in [3.05, 3.63) is 52.3 Å². The Morgan fingerprint density at radius 3 is 2.17 bits per heavy atom. The van der Waals surface area contributed by atoms with Crippen molar-refractivity contribution in [2.75, 3.05) is 61.9 Å². The number of sulfone groups is 1. The van der Waals surface area contributed by atoms with Crippen molar-refractivity contribution >= 4 is 33.0 Å². The van der Waals surface area contributed by atoms with Crippen LogP contribution in [0.3, 0.4) is 0 Å². The van der Waals surface area contributed by atoms with Crippen LogP contribution in [0.4, 0.5) is 20.2 Å². The van der Waals surface area contributed by atoms with Gasteiger partial charge in [0, 0.05) is 69.7 Å². The Kier molecular flexibility index (Phi) is 8.74. The van der Waals surface area contributed by atoms with E-state index in [9.17, 15) is 37.7 Å². The monoisotopic (exact) mass is 689 g/mol. The van der Waals surface area contributed by atoms with Gasteiger partial charge in [0.2, 0.25) is 0 Å². The number of nitrogens with one attached hydrogen (secondary N) is 1. The van der Waals surface area contributed by atoms with Gasteiger partial charge in [-0.1, -0.05) is 0 Å². The zero-order chi connectivity index (χ0) is 34.1. The summed E-state index contributed by atoms with van der Waals surface area (Å²) in [6.07, 6.45) is -1.89. The molecule has 2 aromatic carbocycles. The lowest BCUT2D eigenvalue weighted by Gasteiger charge is -2.40. The zero-order valence-electron chi connectivity index (χ0n) is 26.7. The summed E-state index contributed by atoms with van der Waals surface area (Å²) in [7, 11) is -3.62. The Bertz CT molecular complexity index is 1730. The molecule has 48 heavy (non-hydrogen) atoms. The Morgan fingerprint density at radius 1 is 0.875 bits per heavy atom. The molecule has 2 amide bonds. The van der Waals surface area contributed by atoms with Crippen LogP contribution in [0.1, 0.15) is 63.6 Å². The minimum Gasteiger partial charge on any atom is -0.385 e. The van der Waals surface area contributed by atoms with Crippen LogP contribution in [0.25, 0.3) is 0 Å². The highest BCUT2D eigenvalue weighted by molar-refractivity contribution is 7.90. The number of aliphatic hydroxyl groups is 3. The standard InChI is InChI=1S/C33H41F2N5O7S/c1-48(46,47)27-4-2-24(21-15-23(35)30(42)29(21)27)38-8-6-18(7-9-38)17-37-10-12-39(13-11-37)26-16-20-19(14-22(26)34)32(44)40(33(20)45)25-3-5-28(41)36-31(25)43/h2,4,14,16,18,23,25,28,30-31,36,41-43H,3,5-13,15,17H2,1H3/t23-,25?,28?,30+,31?/m0/s1. The maximum atomic E-state index is 15.4. The highest BCUT2D eigenvalue weighted by atomic mass is 32.2. The summed E-state index contributed by atoms with van der Waals surface area (Å²) in [5.41, 5.74) is 1.90. The third kappa shape index (κ3) is 5.87. The van der Waals surface area contributed by atoms with Gasteiger partial charge in [-0.15, -0.1) is 0 Å². The van der Waals surface area contributed by atoms with E-state index in [-0.39, 0.29) is 46.5 Å². The van der Waals surface area contributed by atoms with E-state index in [2.05, 4.69) is 15.1 Å². The van der Waals surface area contributed by atoms with Gasteiger partial charge in [-0.3, -0.25) is 24.7 Å². The summed E-state index contributed by atoms with van der Waals surface area (Å²) in [4.78, 5) is 33.7. The number of amides is 2. The first-order valence-corrected chi connectivity index (χ1v) is 18.4. The number of piperazine rings is 1. The molecule has 3 unspecified atom stereocenters. The molecule has 4 heterocycles. The van der Waals surface area contributed by atoms with E-state index >= 15 is 4.39 Å². The Balaban J connectivity index is 0.956. The molecule has 0 bridgehead atoms. The molecule has 12 nitrogen and oxygen atoms in total. The molecule has 0 saturated carbocycles. The molecule has 5 atom stereocenters. The second kappa shape index (κ2) is 12.6. The molecule has 15 heteroatoms. The fourth-order valence-corrected chi connectivity index (χ4v) is 9.09. The van der Waals surface area contributed by atoms with E-state index in [1.807, 2.05) is 4.90 Å². The van der Waals surface area contributed by atoms with Gasteiger partial charge in [0.05, 0.1) is 27.8 Å². The number of halogens is 2. The third-order valence-corrected chi connectivity index (χ3v) is 11.8. The lowest BCUT2D eigenvalue weighted by molar-refractivity contribution is -0.0413. The first-order chi connectivity index (χ1) is 22.8. The Morgan fingerprint density at radius 2 is 1.52 bits per heavy atom. The molecule has 1 aliphatic carbocycles. The molecule has 0 radical (unpaired) electrons. The minimum atomic E-state index is -3.62. The number of anilines is 2. The molecule has 4 aliphatic heterocycles. The van der Waals surface area contributed by atoms with Crippen molar-refractivity contribution < 1.29 is 42.1 Å².